The summed E-state index contributed by atoms with van der Waals surface area (Å²) in [5, 5.41) is 0.645. The molecule has 0 N–H and O–H groups in total. The Morgan fingerprint density at radius 1 is 1.14 bits per heavy atom. The predicted octanol–water partition coefficient (Wildman–Crippen LogP) is 5.66. The van der Waals surface area contributed by atoms with Crippen molar-refractivity contribution in [1.82, 2.24) is 4.57 Å². The zero-order chi connectivity index (χ0) is 25.7. The number of aryl methyl sites for hydroxylation is 1. The van der Waals surface area contributed by atoms with Crippen LogP contribution in [0.3, 0.4) is 0 Å². The number of carbonyl (C=O) groups excluding carboxylic acids is 1. The van der Waals surface area contributed by atoms with Crippen LogP contribution in [0, 0.1) is 0 Å². The van der Waals surface area contributed by atoms with Crippen molar-refractivity contribution < 1.29 is 9.53 Å². The first-order valence-electron chi connectivity index (χ1n) is 11.8. The van der Waals surface area contributed by atoms with Crippen LogP contribution in [-0.4, -0.2) is 10.5 Å². The summed E-state index contributed by atoms with van der Waals surface area (Å²) < 4.78 is 8.51. The summed E-state index contributed by atoms with van der Waals surface area (Å²) in [5.41, 5.74) is 5.93. The molecule has 1 aliphatic heterocycles. The van der Waals surface area contributed by atoms with Gasteiger partial charge in [-0.2, -0.15) is 0 Å². The maximum absolute atomic E-state index is 13.9. The normalized spacial score (nSPS) is 16.5. The van der Waals surface area contributed by atoms with Crippen LogP contribution in [0.25, 0.3) is 11.8 Å². The van der Waals surface area contributed by atoms with Crippen molar-refractivity contribution in [2.75, 3.05) is 0 Å². The molecule has 37 heavy (non-hydrogen) atoms. The molecule has 1 aliphatic carbocycles. The molecule has 1 atom stereocenters. The van der Waals surface area contributed by atoms with Crippen molar-refractivity contribution in [2.45, 2.75) is 25.8 Å². The molecule has 3 aromatic carbocycles. The smallest absolute Gasteiger partial charge is 0.308 e. The van der Waals surface area contributed by atoms with Gasteiger partial charge in [-0.15, -0.1) is 0 Å². The lowest BCUT2D eigenvalue weighted by Crippen LogP contribution is -2.38. The van der Waals surface area contributed by atoms with E-state index in [1.165, 1.54) is 23.8 Å². The first-order valence-corrected chi connectivity index (χ1v) is 13.7. The van der Waals surface area contributed by atoms with Gasteiger partial charge < -0.3 is 4.74 Å². The number of halogens is 2. The molecule has 0 fully saturated rings. The standard InChI is InChI=1S/C29H20BrClN2O3S/c1-16(34)36-24-13-9-20(30)14-19(24)15-25-28(35)33-27(18-6-10-21(31)11-7-18)23-12-8-17-4-2-3-5-22(17)26(23)32-29(33)37-25/h2-7,9-11,13-15,27H,8,12H2,1H3/b25-15+/t27-/m0/s1. The fourth-order valence-electron chi connectivity index (χ4n) is 4.99. The number of allylic oxidation sites excluding steroid dienone is 1. The topological polar surface area (TPSA) is 60.7 Å². The van der Waals surface area contributed by atoms with Gasteiger partial charge in [-0.05, 0) is 65.9 Å². The highest BCUT2D eigenvalue weighted by molar-refractivity contribution is 9.10. The van der Waals surface area contributed by atoms with Crippen molar-refractivity contribution in [2.24, 2.45) is 4.99 Å². The Labute approximate surface area is 230 Å². The number of rotatable bonds is 3. The number of fused-ring (bicyclic) bond motifs is 3. The van der Waals surface area contributed by atoms with E-state index in [0.29, 0.717) is 25.7 Å². The highest BCUT2D eigenvalue weighted by Crippen LogP contribution is 2.41. The Morgan fingerprint density at radius 3 is 2.70 bits per heavy atom. The number of carbonyl (C=O) groups is 1. The van der Waals surface area contributed by atoms with Gasteiger partial charge in [-0.3, -0.25) is 14.2 Å². The van der Waals surface area contributed by atoms with Gasteiger partial charge in [0.2, 0.25) is 0 Å². The molecule has 0 radical (unpaired) electrons. The van der Waals surface area contributed by atoms with E-state index in [1.807, 2.05) is 36.4 Å². The van der Waals surface area contributed by atoms with Crippen LogP contribution in [0.2, 0.25) is 5.02 Å². The fourth-order valence-corrected chi connectivity index (χ4v) is 6.49. The Hall–Kier alpha value is -3.26. The lowest BCUT2D eigenvalue weighted by atomic mass is 9.83. The first-order chi connectivity index (χ1) is 17.9. The molecular weight excluding hydrogens is 572 g/mol. The molecule has 0 unspecified atom stereocenters. The van der Waals surface area contributed by atoms with Crippen molar-refractivity contribution in [3.63, 3.8) is 0 Å². The fraction of sp³-hybridized carbons (Fsp3) is 0.138. The third-order valence-electron chi connectivity index (χ3n) is 6.57. The number of hydrogen-bond donors (Lipinski definition) is 0. The second kappa shape index (κ2) is 9.56. The molecule has 184 valence electrons. The second-order valence-electron chi connectivity index (χ2n) is 8.94. The second-order valence-corrected chi connectivity index (χ2v) is 11.3. The van der Waals surface area contributed by atoms with E-state index >= 15 is 0 Å². The van der Waals surface area contributed by atoms with Gasteiger partial charge in [0.15, 0.2) is 4.80 Å². The first kappa shape index (κ1) is 24.1. The van der Waals surface area contributed by atoms with Crippen LogP contribution < -0.4 is 19.6 Å². The third-order valence-corrected chi connectivity index (χ3v) is 8.30. The summed E-state index contributed by atoms with van der Waals surface area (Å²) in [6.45, 7) is 1.36. The maximum atomic E-state index is 13.9. The molecule has 6 rings (SSSR count). The summed E-state index contributed by atoms with van der Waals surface area (Å²) in [6, 6.07) is 21.1. The quantitative estimate of drug-likeness (QED) is 0.228. The number of thiazole rings is 1. The third kappa shape index (κ3) is 4.41. The Balaban J connectivity index is 1.61. The molecule has 0 saturated carbocycles. The van der Waals surface area contributed by atoms with E-state index in [2.05, 4.69) is 34.1 Å². The van der Waals surface area contributed by atoms with Crippen LogP contribution in [0.5, 0.6) is 5.75 Å². The van der Waals surface area contributed by atoms with Crippen molar-refractivity contribution >= 4 is 56.6 Å². The monoisotopic (exact) mass is 590 g/mol. The minimum atomic E-state index is -0.424. The number of ether oxygens (including phenoxy) is 1. The largest absolute Gasteiger partial charge is 0.426 e. The Bertz CT molecular complexity index is 1790. The van der Waals surface area contributed by atoms with E-state index < -0.39 is 5.97 Å². The minimum absolute atomic E-state index is 0.136. The predicted molar refractivity (Wildman–Crippen MR) is 150 cm³/mol. The van der Waals surface area contributed by atoms with Gasteiger partial charge in [0.25, 0.3) is 5.56 Å². The number of benzene rings is 3. The lowest BCUT2D eigenvalue weighted by Gasteiger charge is -2.30. The van der Waals surface area contributed by atoms with Gasteiger partial charge in [-0.25, -0.2) is 4.99 Å². The van der Waals surface area contributed by atoms with E-state index in [4.69, 9.17) is 21.3 Å². The maximum Gasteiger partial charge on any atom is 0.308 e. The molecule has 8 heteroatoms. The van der Waals surface area contributed by atoms with Crippen LogP contribution in [-0.2, 0) is 11.2 Å². The lowest BCUT2D eigenvalue weighted by molar-refractivity contribution is -0.131. The molecule has 0 bridgehead atoms. The molecule has 1 aromatic heterocycles. The van der Waals surface area contributed by atoms with Crippen LogP contribution in [0.4, 0.5) is 0 Å². The average molecular weight is 592 g/mol. The SMILES string of the molecule is CC(=O)Oc1ccc(Br)cc1/C=c1/sc2n(c1=O)[C@@H](c1ccc(Cl)cc1)C1=C(N=2)c2ccccc2CC1. The summed E-state index contributed by atoms with van der Waals surface area (Å²) >= 11 is 11.0. The van der Waals surface area contributed by atoms with Gasteiger partial charge in [0, 0.05) is 27.5 Å². The van der Waals surface area contributed by atoms with Crippen molar-refractivity contribution in [3.8, 4) is 5.75 Å². The summed E-state index contributed by atoms with van der Waals surface area (Å²) in [4.78, 5) is 31.2. The van der Waals surface area contributed by atoms with E-state index in [0.717, 1.165) is 39.7 Å². The van der Waals surface area contributed by atoms with E-state index in [9.17, 15) is 9.59 Å². The molecule has 4 aromatic rings. The van der Waals surface area contributed by atoms with Crippen LogP contribution in [0.15, 0.2) is 86.6 Å². The molecule has 5 nitrogen and oxygen atoms in total. The molecule has 2 heterocycles. The highest BCUT2D eigenvalue weighted by Gasteiger charge is 2.32. The average Bonchev–Trinajstić information content (AvgIpc) is 3.19. The summed E-state index contributed by atoms with van der Waals surface area (Å²) in [5.74, 6) is -0.0310. The van der Waals surface area contributed by atoms with Crippen molar-refractivity contribution in [1.29, 1.82) is 0 Å². The van der Waals surface area contributed by atoms with Crippen molar-refractivity contribution in [3.05, 3.63) is 124 Å². The highest BCUT2D eigenvalue weighted by atomic mass is 79.9. The van der Waals surface area contributed by atoms with Gasteiger partial charge >= 0.3 is 5.97 Å². The van der Waals surface area contributed by atoms with E-state index in [-0.39, 0.29) is 11.6 Å². The Kier molecular flexibility index (Phi) is 6.23. The minimum Gasteiger partial charge on any atom is -0.426 e. The zero-order valence-electron chi connectivity index (χ0n) is 19.7. The molecule has 0 spiro atoms. The van der Waals surface area contributed by atoms with Gasteiger partial charge in [0.1, 0.15) is 5.75 Å². The molecular formula is C29H20BrClN2O3S. The van der Waals surface area contributed by atoms with Crippen LogP contribution >= 0.6 is 38.9 Å². The molecule has 2 aliphatic rings. The molecule has 0 saturated heterocycles. The van der Waals surface area contributed by atoms with Gasteiger partial charge in [0.05, 0.1) is 16.3 Å². The zero-order valence-corrected chi connectivity index (χ0v) is 22.9. The van der Waals surface area contributed by atoms with Crippen LogP contribution in [0.1, 0.15) is 41.6 Å². The summed E-state index contributed by atoms with van der Waals surface area (Å²) in [7, 11) is 0. The summed E-state index contributed by atoms with van der Waals surface area (Å²) in [6.07, 6.45) is 3.47. The number of nitrogens with zero attached hydrogens (tertiary/aromatic N) is 2. The molecule has 0 amide bonds. The van der Waals surface area contributed by atoms with E-state index in [1.54, 1.807) is 22.8 Å². The number of aromatic nitrogens is 1. The van der Waals surface area contributed by atoms with Gasteiger partial charge in [-0.1, -0.05) is 75.3 Å². The Morgan fingerprint density at radius 2 is 1.92 bits per heavy atom. The number of hydrogen-bond acceptors (Lipinski definition) is 5. The number of esters is 1.